The van der Waals surface area contributed by atoms with Crippen molar-refractivity contribution in [3.63, 3.8) is 0 Å². The molecule has 1 fully saturated rings. The number of primary sulfonamides is 1. The van der Waals surface area contributed by atoms with Gasteiger partial charge in [-0.05, 0) is 60.7 Å². The quantitative estimate of drug-likeness (QED) is 0.840. The molecule has 1 aromatic rings. The van der Waals surface area contributed by atoms with Crippen molar-refractivity contribution >= 4 is 31.9 Å². The van der Waals surface area contributed by atoms with E-state index in [9.17, 15) is 17.6 Å². The van der Waals surface area contributed by atoms with E-state index in [1.807, 2.05) is 13.8 Å². The summed E-state index contributed by atoms with van der Waals surface area (Å²) in [6, 6.07) is 1.76. The Bertz CT molecular complexity index is 700. The summed E-state index contributed by atoms with van der Waals surface area (Å²) in [5.74, 6) is -0.994. The van der Waals surface area contributed by atoms with Gasteiger partial charge >= 0.3 is 0 Å². The van der Waals surface area contributed by atoms with Gasteiger partial charge in [0, 0.05) is 5.54 Å². The van der Waals surface area contributed by atoms with Crippen molar-refractivity contribution in [1.82, 2.24) is 5.32 Å². The minimum Gasteiger partial charge on any atom is -0.347 e. The molecule has 2 rings (SSSR count). The van der Waals surface area contributed by atoms with Gasteiger partial charge in [0.1, 0.15) is 5.82 Å². The molecule has 0 spiro atoms. The smallest absolute Gasteiger partial charge is 0.252 e. The Morgan fingerprint density at radius 2 is 2.00 bits per heavy atom. The fraction of sp³-hybridized carbons (Fsp3) is 0.462. The van der Waals surface area contributed by atoms with Gasteiger partial charge in [-0.15, -0.1) is 0 Å². The normalized spacial score (nSPS) is 15.9. The van der Waals surface area contributed by atoms with Gasteiger partial charge in [0.2, 0.25) is 10.0 Å². The van der Waals surface area contributed by atoms with Crippen molar-refractivity contribution in [2.24, 2.45) is 11.1 Å². The van der Waals surface area contributed by atoms with Gasteiger partial charge in [-0.3, -0.25) is 4.79 Å². The van der Waals surface area contributed by atoms with E-state index in [1.54, 1.807) is 0 Å². The maximum absolute atomic E-state index is 13.6. The van der Waals surface area contributed by atoms with Gasteiger partial charge in [-0.2, -0.15) is 0 Å². The summed E-state index contributed by atoms with van der Waals surface area (Å²) < 4.78 is 36.4. The molecule has 8 heteroatoms. The van der Waals surface area contributed by atoms with Crippen LogP contribution in [0.3, 0.4) is 0 Å². The Labute approximate surface area is 131 Å². The summed E-state index contributed by atoms with van der Waals surface area (Å²) in [5, 5.41) is 7.83. The second kappa shape index (κ2) is 5.33. The molecular formula is C13H16BrFN2O3S. The van der Waals surface area contributed by atoms with Crippen LogP contribution in [0.5, 0.6) is 0 Å². The predicted octanol–water partition coefficient (Wildman–Crippen LogP) is 2.15. The second-order valence-electron chi connectivity index (χ2n) is 5.76. The van der Waals surface area contributed by atoms with E-state index in [0.29, 0.717) is 5.92 Å². The molecule has 5 nitrogen and oxygen atoms in total. The van der Waals surface area contributed by atoms with Crippen LogP contribution in [0, 0.1) is 11.7 Å². The van der Waals surface area contributed by atoms with Crippen molar-refractivity contribution in [1.29, 1.82) is 0 Å². The number of hydrogen-bond acceptors (Lipinski definition) is 3. The van der Waals surface area contributed by atoms with Gasteiger partial charge in [0.05, 0.1) is 14.9 Å². The summed E-state index contributed by atoms with van der Waals surface area (Å²) in [6.45, 7) is 3.77. The van der Waals surface area contributed by atoms with Crippen LogP contribution < -0.4 is 10.5 Å². The zero-order valence-corrected chi connectivity index (χ0v) is 14.0. The largest absolute Gasteiger partial charge is 0.347 e. The molecule has 0 bridgehead atoms. The third-order valence-corrected chi connectivity index (χ3v) is 5.64. The van der Waals surface area contributed by atoms with E-state index < -0.39 is 32.2 Å². The number of rotatable bonds is 4. The topological polar surface area (TPSA) is 89.3 Å². The van der Waals surface area contributed by atoms with Crippen molar-refractivity contribution in [3.05, 3.63) is 28.0 Å². The maximum atomic E-state index is 13.6. The van der Waals surface area contributed by atoms with Crippen LogP contribution in [0.25, 0.3) is 0 Å². The molecular weight excluding hydrogens is 363 g/mol. The standard InChI is InChI=1S/C13H16BrFN2O3S/c1-13(2,7-3-4-7)17-12(18)9-5-8(15)6-10(11(9)14)21(16,19)20/h5-7H,3-4H2,1-2H3,(H,17,18)(H2,16,19,20). The lowest BCUT2D eigenvalue weighted by Gasteiger charge is -2.26. The number of nitrogens with two attached hydrogens (primary N) is 1. The zero-order chi connectivity index (χ0) is 16.0. The van der Waals surface area contributed by atoms with Crippen LogP contribution in [-0.2, 0) is 10.0 Å². The van der Waals surface area contributed by atoms with Crippen LogP contribution in [0.4, 0.5) is 4.39 Å². The summed E-state index contributed by atoms with van der Waals surface area (Å²) >= 11 is 3.03. The Balaban J connectivity index is 2.39. The molecule has 0 unspecified atom stereocenters. The van der Waals surface area contributed by atoms with E-state index in [-0.39, 0.29) is 10.0 Å². The average molecular weight is 379 g/mol. The molecule has 0 aliphatic heterocycles. The molecule has 116 valence electrons. The molecule has 1 saturated carbocycles. The fourth-order valence-corrected chi connectivity index (χ4v) is 3.93. The molecule has 0 aromatic heterocycles. The van der Waals surface area contributed by atoms with Crippen LogP contribution in [0.15, 0.2) is 21.5 Å². The number of halogens is 2. The van der Waals surface area contributed by atoms with Gasteiger partial charge < -0.3 is 5.32 Å². The van der Waals surface area contributed by atoms with E-state index in [2.05, 4.69) is 21.2 Å². The van der Waals surface area contributed by atoms with Crippen molar-refractivity contribution in [2.45, 2.75) is 37.1 Å². The van der Waals surface area contributed by atoms with Crippen LogP contribution in [0.2, 0.25) is 0 Å². The summed E-state index contributed by atoms with van der Waals surface area (Å²) in [6.07, 6.45) is 2.06. The van der Waals surface area contributed by atoms with Crippen LogP contribution in [0.1, 0.15) is 37.0 Å². The average Bonchev–Trinajstić information content (AvgIpc) is 3.13. The number of sulfonamides is 1. The summed E-state index contributed by atoms with van der Waals surface area (Å²) in [4.78, 5) is 11.9. The SMILES string of the molecule is CC(C)(NC(=O)c1cc(F)cc(S(N)(=O)=O)c1Br)C1CC1. The van der Waals surface area contributed by atoms with Gasteiger partial charge in [-0.25, -0.2) is 17.9 Å². The molecule has 0 radical (unpaired) electrons. The number of carbonyl (C=O) groups is 1. The van der Waals surface area contributed by atoms with Crippen molar-refractivity contribution in [3.8, 4) is 0 Å². The van der Waals surface area contributed by atoms with E-state index in [1.165, 1.54) is 0 Å². The zero-order valence-electron chi connectivity index (χ0n) is 11.6. The minimum absolute atomic E-state index is 0.0319. The van der Waals surface area contributed by atoms with E-state index in [0.717, 1.165) is 25.0 Å². The second-order valence-corrected chi connectivity index (χ2v) is 8.08. The first-order valence-electron chi connectivity index (χ1n) is 6.37. The van der Waals surface area contributed by atoms with Crippen molar-refractivity contribution < 1.29 is 17.6 Å². The Kier molecular flexibility index (Phi) is 4.16. The van der Waals surface area contributed by atoms with Crippen LogP contribution in [-0.4, -0.2) is 19.9 Å². The summed E-state index contributed by atoms with van der Waals surface area (Å²) in [7, 11) is -4.13. The molecule has 1 aromatic carbocycles. The minimum atomic E-state index is -4.13. The number of amides is 1. The fourth-order valence-electron chi connectivity index (χ4n) is 2.20. The predicted molar refractivity (Wildman–Crippen MR) is 79.7 cm³/mol. The lowest BCUT2D eigenvalue weighted by molar-refractivity contribution is 0.0901. The molecule has 0 heterocycles. The molecule has 3 N–H and O–H groups in total. The number of benzene rings is 1. The maximum Gasteiger partial charge on any atom is 0.252 e. The van der Waals surface area contributed by atoms with Gasteiger partial charge in [0.25, 0.3) is 5.91 Å². The van der Waals surface area contributed by atoms with Crippen molar-refractivity contribution in [2.75, 3.05) is 0 Å². The first kappa shape index (κ1) is 16.4. The van der Waals surface area contributed by atoms with Gasteiger partial charge in [-0.1, -0.05) is 0 Å². The van der Waals surface area contributed by atoms with E-state index >= 15 is 0 Å². The van der Waals surface area contributed by atoms with Crippen LogP contribution >= 0.6 is 15.9 Å². The monoisotopic (exact) mass is 378 g/mol. The Morgan fingerprint density at radius 1 is 1.43 bits per heavy atom. The highest BCUT2D eigenvalue weighted by Crippen LogP contribution is 2.39. The Morgan fingerprint density at radius 3 is 2.48 bits per heavy atom. The number of hydrogen-bond donors (Lipinski definition) is 2. The molecule has 1 aliphatic carbocycles. The first-order valence-corrected chi connectivity index (χ1v) is 8.70. The third kappa shape index (κ3) is 3.61. The van der Waals surface area contributed by atoms with E-state index in [4.69, 9.17) is 5.14 Å². The lowest BCUT2D eigenvalue weighted by Crippen LogP contribution is -2.45. The third-order valence-electron chi connectivity index (χ3n) is 3.59. The molecule has 0 atom stereocenters. The summed E-state index contributed by atoms with van der Waals surface area (Å²) in [5.41, 5.74) is -0.516. The highest BCUT2D eigenvalue weighted by atomic mass is 79.9. The number of nitrogens with one attached hydrogen (secondary N) is 1. The lowest BCUT2D eigenvalue weighted by atomic mass is 9.98. The van der Waals surface area contributed by atoms with Gasteiger partial charge in [0.15, 0.2) is 0 Å². The highest BCUT2D eigenvalue weighted by Gasteiger charge is 2.39. The first-order chi connectivity index (χ1) is 9.52. The highest BCUT2D eigenvalue weighted by molar-refractivity contribution is 9.10. The Hall–Kier alpha value is -0.990. The molecule has 0 saturated heterocycles. The molecule has 21 heavy (non-hydrogen) atoms. The number of carbonyl (C=O) groups excluding carboxylic acids is 1. The molecule has 1 aliphatic rings. The molecule has 1 amide bonds.